The Morgan fingerprint density at radius 2 is 2.00 bits per heavy atom. The van der Waals surface area contributed by atoms with Crippen LogP contribution in [0.25, 0.3) is 0 Å². The number of benzene rings is 1. The quantitative estimate of drug-likeness (QED) is 0.624. The molecule has 10 heteroatoms. The second-order valence-corrected chi connectivity index (χ2v) is 10.1. The van der Waals surface area contributed by atoms with Gasteiger partial charge in [0.05, 0.1) is 36.4 Å². The minimum Gasteiger partial charge on any atom is -0.463 e. The van der Waals surface area contributed by atoms with Gasteiger partial charge in [0, 0.05) is 11.4 Å². The van der Waals surface area contributed by atoms with E-state index in [1.807, 2.05) is 0 Å². The molecule has 2 fully saturated rings. The van der Waals surface area contributed by atoms with Crippen molar-refractivity contribution in [1.29, 1.82) is 0 Å². The molecule has 0 N–H and O–H groups in total. The van der Waals surface area contributed by atoms with E-state index in [0.717, 1.165) is 12.1 Å². The largest absolute Gasteiger partial charge is 0.463 e. The van der Waals surface area contributed by atoms with Gasteiger partial charge in [-0.3, -0.25) is 0 Å². The van der Waals surface area contributed by atoms with Crippen LogP contribution in [-0.4, -0.2) is 57.5 Å². The van der Waals surface area contributed by atoms with Gasteiger partial charge in [0.25, 0.3) is 0 Å². The Morgan fingerprint density at radius 3 is 2.63 bits per heavy atom. The Kier molecular flexibility index (Phi) is 5.93. The molecule has 1 spiro atoms. The van der Waals surface area contributed by atoms with E-state index in [4.69, 9.17) is 30.5 Å². The fraction of sp³-hybridized carbons (Fsp3) is 0.550. The highest BCUT2D eigenvalue weighted by Crippen LogP contribution is 2.43. The van der Waals surface area contributed by atoms with E-state index in [-0.39, 0.29) is 47.8 Å². The van der Waals surface area contributed by atoms with Crippen LogP contribution in [0.15, 0.2) is 29.8 Å². The minimum atomic E-state index is -3.86. The first-order chi connectivity index (χ1) is 14.2. The average molecular weight is 461 g/mol. The summed E-state index contributed by atoms with van der Waals surface area (Å²) in [4.78, 5) is 12.6. The van der Waals surface area contributed by atoms with Crippen LogP contribution in [0.1, 0.15) is 25.3 Å². The Balaban J connectivity index is 1.64. The highest BCUT2D eigenvalue weighted by Gasteiger charge is 2.53. The maximum atomic E-state index is 13.3. The Morgan fingerprint density at radius 1 is 1.30 bits per heavy atom. The number of hydrogen-bond donors (Lipinski definition) is 0. The van der Waals surface area contributed by atoms with Crippen LogP contribution in [0, 0.1) is 5.82 Å². The predicted molar refractivity (Wildman–Crippen MR) is 105 cm³/mol. The van der Waals surface area contributed by atoms with Gasteiger partial charge in [-0.05, 0) is 37.1 Å². The van der Waals surface area contributed by atoms with Gasteiger partial charge < -0.3 is 18.9 Å². The van der Waals surface area contributed by atoms with E-state index < -0.39 is 38.4 Å². The molecule has 3 atom stereocenters. The van der Waals surface area contributed by atoms with Crippen LogP contribution in [0.3, 0.4) is 0 Å². The summed E-state index contributed by atoms with van der Waals surface area (Å²) >= 11 is 6.01. The molecule has 3 aliphatic rings. The van der Waals surface area contributed by atoms with Crippen molar-refractivity contribution >= 4 is 27.4 Å². The van der Waals surface area contributed by atoms with Gasteiger partial charge in [-0.2, -0.15) is 0 Å². The monoisotopic (exact) mass is 460 g/mol. The van der Waals surface area contributed by atoms with E-state index in [1.54, 1.807) is 6.92 Å². The van der Waals surface area contributed by atoms with E-state index in [1.165, 1.54) is 12.1 Å². The van der Waals surface area contributed by atoms with Crippen LogP contribution in [-0.2, 0) is 39.3 Å². The molecule has 3 unspecified atom stereocenters. The Hall–Kier alpha value is -1.52. The second kappa shape index (κ2) is 8.20. The third-order valence-corrected chi connectivity index (χ3v) is 7.90. The number of carbonyl (C=O) groups is 1. The highest BCUT2D eigenvalue weighted by atomic mass is 35.5. The topological polar surface area (TPSA) is 88.1 Å². The fourth-order valence-electron chi connectivity index (χ4n) is 4.08. The van der Waals surface area contributed by atoms with Gasteiger partial charge in [-0.1, -0.05) is 17.7 Å². The average Bonchev–Trinajstić information content (AvgIpc) is 3.23. The zero-order valence-electron chi connectivity index (χ0n) is 16.3. The van der Waals surface area contributed by atoms with Crippen molar-refractivity contribution in [1.82, 2.24) is 0 Å². The molecule has 0 radical (unpaired) electrons. The van der Waals surface area contributed by atoms with Crippen molar-refractivity contribution in [2.24, 2.45) is 0 Å². The number of ether oxygens (including phenoxy) is 4. The zero-order chi connectivity index (χ0) is 21.5. The number of fused-ring (bicyclic) bond motifs is 1. The minimum absolute atomic E-state index is 0.0118. The molecule has 164 valence electrons. The summed E-state index contributed by atoms with van der Waals surface area (Å²) in [6.45, 7) is 2.52. The first-order valence-corrected chi connectivity index (χ1v) is 11.8. The lowest BCUT2D eigenvalue weighted by Crippen LogP contribution is -2.41. The molecular formula is C20H22ClFO7S. The lowest BCUT2D eigenvalue weighted by atomic mass is 9.94. The Bertz CT molecular complexity index is 965. The molecule has 7 nitrogen and oxygen atoms in total. The third kappa shape index (κ3) is 4.13. The third-order valence-electron chi connectivity index (χ3n) is 5.47. The van der Waals surface area contributed by atoms with Crippen LogP contribution in [0.4, 0.5) is 4.39 Å². The van der Waals surface area contributed by atoms with Gasteiger partial charge in [0.1, 0.15) is 18.0 Å². The van der Waals surface area contributed by atoms with Crippen molar-refractivity contribution in [3.05, 3.63) is 46.3 Å². The summed E-state index contributed by atoms with van der Waals surface area (Å²) in [6, 6.07) is 3.54. The van der Waals surface area contributed by atoms with Crippen molar-refractivity contribution in [3.63, 3.8) is 0 Å². The van der Waals surface area contributed by atoms with E-state index >= 15 is 0 Å². The number of carbonyl (C=O) groups excluding carboxylic acids is 1. The maximum absolute atomic E-state index is 13.3. The molecule has 30 heavy (non-hydrogen) atoms. The van der Waals surface area contributed by atoms with Crippen LogP contribution in [0.2, 0.25) is 5.02 Å². The number of halogens is 2. The normalized spacial score (nSPS) is 30.9. The summed E-state index contributed by atoms with van der Waals surface area (Å²) in [5.41, 5.74) is 0.254. The predicted octanol–water partition coefficient (Wildman–Crippen LogP) is 2.56. The van der Waals surface area contributed by atoms with Crippen LogP contribution >= 0.6 is 11.6 Å². The standard InChI is InChI=1S/C20H22ClFO7S/c1-2-27-19(23)14-8-20(28-16-9-26-10-17(16)29-20)6-5-18(14)30(24,25)11-12-3-4-13(22)7-15(12)21/h3-4,7-8,16-18H,2,5-6,9-11H2,1H3. The summed E-state index contributed by atoms with van der Waals surface area (Å²) in [7, 11) is -3.86. The van der Waals surface area contributed by atoms with Gasteiger partial charge in [-0.25, -0.2) is 17.6 Å². The fourth-order valence-corrected chi connectivity index (χ4v) is 6.31. The van der Waals surface area contributed by atoms with Crippen LogP contribution in [0.5, 0.6) is 0 Å². The second-order valence-electron chi connectivity index (χ2n) is 7.55. The lowest BCUT2D eigenvalue weighted by molar-refractivity contribution is -0.165. The molecular weight excluding hydrogens is 439 g/mol. The number of esters is 1. The SMILES string of the molecule is CCOC(=O)C1=CC2(CCC1S(=O)(=O)Cc1ccc(F)cc1Cl)OC1COCC1O2. The van der Waals surface area contributed by atoms with Crippen molar-refractivity contribution < 1.29 is 36.6 Å². The number of hydrogen-bond acceptors (Lipinski definition) is 7. The molecule has 0 amide bonds. The number of rotatable bonds is 5. The summed E-state index contributed by atoms with van der Waals surface area (Å²) in [5.74, 6) is -2.88. The summed E-state index contributed by atoms with van der Waals surface area (Å²) in [5, 5.41) is -1.09. The molecule has 4 rings (SSSR count). The van der Waals surface area contributed by atoms with Gasteiger partial charge in [0.2, 0.25) is 0 Å². The number of sulfone groups is 1. The van der Waals surface area contributed by atoms with E-state index in [9.17, 15) is 17.6 Å². The Labute approximate surface area is 179 Å². The molecule has 1 aromatic carbocycles. The molecule has 0 aromatic heterocycles. The maximum Gasteiger partial charge on any atom is 0.335 e. The van der Waals surface area contributed by atoms with Gasteiger partial charge in [-0.15, -0.1) is 0 Å². The molecule has 2 heterocycles. The van der Waals surface area contributed by atoms with Gasteiger partial charge in [0.15, 0.2) is 15.6 Å². The zero-order valence-corrected chi connectivity index (χ0v) is 17.9. The van der Waals surface area contributed by atoms with Crippen molar-refractivity contribution in [2.75, 3.05) is 19.8 Å². The molecule has 0 bridgehead atoms. The van der Waals surface area contributed by atoms with E-state index in [0.29, 0.717) is 13.2 Å². The molecule has 2 saturated heterocycles. The first kappa shape index (κ1) is 21.7. The van der Waals surface area contributed by atoms with E-state index in [2.05, 4.69) is 0 Å². The summed E-state index contributed by atoms with van der Waals surface area (Å²) < 4.78 is 62.2. The molecule has 0 saturated carbocycles. The molecule has 1 aromatic rings. The summed E-state index contributed by atoms with van der Waals surface area (Å²) in [6.07, 6.45) is 1.32. The highest BCUT2D eigenvalue weighted by molar-refractivity contribution is 7.91. The molecule has 1 aliphatic carbocycles. The van der Waals surface area contributed by atoms with Crippen molar-refractivity contribution in [3.8, 4) is 0 Å². The first-order valence-electron chi connectivity index (χ1n) is 9.72. The van der Waals surface area contributed by atoms with Crippen molar-refractivity contribution in [2.45, 2.75) is 48.8 Å². The van der Waals surface area contributed by atoms with Crippen LogP contribution < -0.4 is 0 Å². The smallest absolute Gasteiger partial charge is 0.335 e. The lowest BCUT2D eigenvalue weighted by Gasteiger charge is -2.34. The van der Waals surface area contributed by atoms with Gasteiger partial charge >= 0.3 is 5.97 Å². The molecule has 2 aliphatic heterocycles.